The summed E-state index contributed by atoms with van der Waals surface area (Å²) in [6, 6.07) is 9.60. The van der Waals surface area contributed by atoms with E-state index in [1.54, 1.807) is 12.4 Å². The van der Waals surface area contributed by atoms with E-state index < -0.39 is 0 Å². The van der Waals surface area contributed by atoms with E-state index in [1.807, 2.05) is 44.2 Å². The predicted molar refractivity (Wildman–Crippen MR) is 74.2 cm³/mol. The first-order valence-electron chi connectivity index (χ1n) is 6.31. The Bertz CT molecular complexity index is 535. The highest BCUT2D eigenvalue weighted by atomic mass is 16.1. The Morgan fingerprint density at radius 1 is 1.16 bits per heavy atom. The number of nitrogens with zero attached hydrogens (tertiary/aromatic N) is 2. The van der Waals surface area contributed by atoms with Crippen LogP contribution in [0.25, 0.3) is 11.4 Å². The molecule has 0 unspecified atom stereocenters. The van der Waals surface area contributed by atoms with Gasteiger partial charge in [-0.2, -0.15) is 0 Å². The maximum atomic E-state index is 11.5. The van der Waals surface area contributed by atoms with E-state index in [2.05, 4.69) is 15.3 Å². The topological polar surface area (TPSA) is 54.9 Å². The van der Waals surface area contributed by atoms with E-state index in [9.17, 15) is 4.79 Å². The summed E-state index contributed by atoms with van der Waals surface area (Å²) in [7, 11) is 0. The summed E-state index contributed by atoms with van der Waals surface area (Å²) >= 11 is 0. The summed E-state index contributed by atoms with van der Waals surface area (Å²) in [6.07, 6.45) is 3.51. The van der Waals surface area contributed by atoms with E-state index in [0.717, 1.165) is 17.0 Å². The van der Waals surface area contributed by atoms with Crippen molar-refractivity contribution in [2.45, 2.75) is 20.4 Å². The van der Waals surface area contributed by atoms with Gasteiger partial charge in [-0.3, -0.25) is 14.8 Å². The molecule has 2 aromatic heterocycles. The van der Waals surface area contributed by atoms with Crippen LogP contribution in [-0.2, 0) is 11.3 Å². The van der Waals surface area contributed by atoms with Crippen LogP contribution < -0.4 is 5.32 Å². The van der Waals surface area contributed by atoms with Crippen molar-refractivity contribution in [3.05, 3.63) is 48.3 Å². The van der Waals surface area contributed by atoms with Gasteiger partial charge >= 0.3 is 0 Å². The van der Waals surface area contributed by atoms with Crippen molar-refractivity contribution in [3.8, 4) is 11.4 Å². The molecular weight excluding hydrogens is 238 g/mol. The van der Waals surface area contributed by atoms with Gasteiger partial charge in [-0.25, -0.2) is 0 Å². The van der Waals surface area contributed by atoms with Crippen LogP contribution in [0.2, 0.25) is 0 Å². The minimum atomic E-state index is 0.000696. The van der Waals surface area contributed by atoms with Gasteiger partial charge in [0.05, 0.1) is 11.4 Å². The average Bonchev–Trinajstić information content (AvgIpc) is 2.46. The van der Waals surface area contributed by atoms with Crippen LogP contribution in [0, 0.1) is 5.92 Å². The molecule has 1 amide bonds. The second kappa shape index (κ2) is 6.09. The van der Waals surface area contributed by atoms with Gasteiger partial charge in [0.2, 0.25) is 5.91 Å². The minimum absolute atomic E-state index is 0.000696. The molecule has 0 aliphatic heterocycles. The number of aromatic nitrogens is 2. The zero-order valence-electron chi connectivity index (χ0n) is 11.1. The van der Waals surface area contributed by atoms with Gasteiger partial charge in [-0.1, -0.05) is 26.0 Å². The number of pyridine rings is 2. The van der Waals surface area contributed by atoms with Crippen LogP contribution in [0.5, 0.6) is 0 Å². The maximum Gasteiger partial charge on any atom is 0.222 e. The average molecular weight is 255 g/mol. The molecule has 0 radical (unpaired) electrons. The van der Waals surface area contributed by atoms with Gasteiger partial charge in [0.1, 0.15) is 0 Å². The molecule has 2 rings (SSSR count). The predicted octanol–water partition coefficient (Wildman–Crippen LogP) is 2.42. The molecule has 0 aromatic carbocycles. The summed E-state index contributed by atoms with van der Waals surface area (Å²) in [4.78, 5) is 20.1. The molecule has 98 valence electrons. The number of nitrogens with one attached hydrogen (secondary N) is 1. The van der Waals surface area contributed by atoms with Crippen LogP contribution >= 0.6 is 0 Å². The van der Waals surface area contributed by atoms with Gasteiger partial charge < -0.3 is 5.32 Å². The molecule has 0 aliphatic rings. The Morgan fingerprint density at radius 3 is 2.53 bits per heavy atom. The van der Waals surface area contributed by atoms with Gasteiger partial charge in [-0.05, 0) is 23.8 Å². The van der Waals surface area contributed by atoms with Gasteiger partial charge in [0.25, 0.3) is 0 Å². The fourth-order valence-corrected chi connectivity index (χ4v) is 1.59. The van der Waals surface area contributed by atoms with Crippen LogP contribution in [-0.4, -0.2) is 15.9 Å². The second-order valence-corrected chi connectivity index (χ2v) is 4.64. The monoisotopic (exact) mass is 255 g/mol. The third-order valence-electron chi connectivity index (χ3n) is 2.74. The van der Waals surface area contributed by atoms with Crippen LogP contribution in [0.3, 0.4) is 0 Å². The first-order valence-corrected chi connectivity index (χ1v) is 6.31. The molecule has 0 saturated heterocycles. The van der Waals surface area contributed by atoms with Crippen molar-refractivity contribution in [2.24, 2.45) is 5.92 Å². The second-order valence-electron chi connectivity index (χ2n) is 4.64. The van der Waals surface area contributed by atoms with Crippen molar-refractivity contribution in [3.63, 3.8) is 0 Å². The fraction of sp³-hybridized carbons (Fsp3) is 0.267. The third kappa shape index (κ3) is 3.61. The van der Waals surface area contributed by atoms with E-state index in [4.69, 9.17) is 0 Å². The van der Waals surface area contributed by atoms with Gasteiger partial charge in [-0.15, -0.1) is 0 Å². The molecule has 19 heavy (non-hydrogen) atoms. The SMILES string of the molecule is CC(C)C(=O)NCc1ccc(-c2ccccn2)nc1. The zero-order valence-corrected chi connectivity index (χ0v) is 11.1. The molecule has 0 atom stereocenters. The molecule has 0 saturated carbocycles. The van der Waals surface area contributed by atoms with E-state index in [1.165, 1.54) is 0 Å². The standard InChI is InChI=1S/C15H17N3O/c1-11(2)15(19)18-10-12-6-7-14(17-9-12)13-5-3-4-8-16-13/h3-9,11H,10H2,1-2H3,(H,18,19). The molecule has 0 fully saturated rings. The van der Waals surface area contributed by atoms with Crippen molar-refractivity contribution in [1.29, 1.82) is 0 Å². The van der Waals surface area contributed by atoms with Crippen molar-refractivity contribution < 1.29 is 4.79 Å². The van der Waals surface area contributed by atoms with Crippen LogP contribution in [0.4, 0.5) is 0 Å². The third-order valence-corrected chi connectivity index (χ3v) is 2.74. The largest absolute Gasteiger partial charge is 0.352 e. The lowest BCUT2D eigenvalue weighted by molar-refractivity contribution is -0.124. The number of carbonyl (C=O) groups excluding carboxylic acids is 1. The van der Waals surface area contributed by atoms with Crippen LogP contribution in [0.15, 0.2) is 42.7 Å². The van der Waals surface area contributed by atoms with Crippen molar-refractivity contribution in [2.75, 3.05) is 0 Å². The molecule has 2 heterocycles. The van der Waals surface area contributed by atoms with Crippen molar-refractivity contribution in [1.82, 2.24) is 15.3 Å². The zero-order chi connectivity index (χ0) is 13.7. The van der Waals surface area contributed by atoms with Gasteiger partial charge in [0, 0.05) is 24.9 Å². The fourth-order valence-electron chi connectivity index (χ4n) is 1.59. The highest BCUT2D eigenvalue weighted by molar-refractivity contribution is 5.77. The number of hydrogen-bond donors (Lipinski definition) is 1. The molecular formula is C15H17N3O. The smallest absolute Gasteiger partial charge is 0.222 e. The van der Waals surface area contributed by atoms with E-state index in [-0.39, 0.29) is 11.8 Å². The summed E-state index contributed by atoms with van der Waals surface area (Å²) in [5, 5.41) is 2.86. The van der Waals surface area contributed by atoms with Crippen LogP contribution in [0.1, 0.15) is 19.4 Å². The maximum absolute atomic E-state index is 11.5. The first-order chi connectivity index (χ1) is 9.16. The lowest BCUT2D eigenvalue weighted by Crippen LogP contribution is -2.27. The molecule has 0 bridgehead atoms. The lowest BCUT2D eigenvalue weighted by atomic mass is 10.2. The number of rotatable bonds is 4. The summed E-state index contributed by atoms with van der Waals surface area (Å²) in [6.45, 7) is 4.25. The van der Waals surface area contributed by atoms with E-state index in [0.29, 0.717) is 6.54 Å². The Hall–Kier alpha value is -2.23. The molecule has 0 aliphatic carbocycles. The Morgan fingerprint density at radius 2 is 1.95 bits per heavy atom. The molecule has 4 nitrogen and oxygen atoms in total. The summed E-state index contributed by atoms with van der Waals surface area (Å²) in [5.74, 6) is 0.0505. The Balaban J connectivity index is 2.01. The highest BCUT2D eigenvalue weighted by Crippen LogP contribution is 2.13. The minimum Gasteiger partial charge on any atom is -0.352 e. The first kappa shape index (κ1) is 13.2. The normalized spacial score (nSPS) is 10.5. The lowest BCUT2D eigenvalue weighted by Gasteiger charge is -2.07. The molecule has 4 heteroatoms. The molecule has 1 N–H and O–H groups in total. The number of hydrogen-bond acceptors (Lipinski definition) is 3. The number of amides is 1. The summed E-state index contributed by atoms with van der Waals surface area (Å²) < 4.78 is 0. The van der Waals surface area contributed by atoms with Crippen molar-refractivity contribution >= 4 is 5.91 Å². The Kier molecular flexibility index (Phi) is 4.23. The molecule has 0 spiro atoms. The quantitative estimate of drug-likeness (QED) is 0.912. The van der Waals surface area contributed by atoms with E-state index >= 15 is 0 Å². The highest BCUT2D eigenvalue weighted by Gasteiger charge is 2.06. The number of carbonyl (C=O) groups is 1. The molecule has 2 aromatic rings. The van der Waals surface area contributed by atoms with Gasteiger partial charge in [0.15, 0.2) is 0 Å². The summed E-state index contributed by atoms with van der Waals surface area (Å²) in [5.41, 5.74) is 2.66. The Labute approximate surface area is 112 Å².